The molecule has 0 radical (unpaired) electrons. The quantitative estimate of drug-likeness (QED) is 0.811. The first kappa shape index (κ1) is 12.4. The Kier molecular flexibility index (Phi) is 3.36. The van der Waals surface area contributed by atoms with Crippen LogP contribution in [0.4, 0.5) is 5.95 Å². The summed E-state index contributed by atoms with van der Waals surface area (Å²) in [5.41, 5.74) is 1.43. The molecule has 0 N–H and O–H groups in total. The molecule has 1 aromatic rings. The highest BCUT2D eigenvalue weighted by atomic mass is 16.2. The van der Waals surface area contributed by atoms with E-state index in [1.807, 2.05) is 11.8 Å². The molecule has 0 bridgehead atoms. The third-order valence-corrected chi connectivity index (χ3v) is 3.84. The first-order valence-electron chi connectivity index (χ1n) is 7.14. The summed E-state index contributed by atoms with van der Waals surface area (Å²) in [5, 5.41) is 0. The largest absolute Gasteiger partial charge is 0.341 e. The van der Waals surface area contributed by atoms with E-state index in [0.717, 1.165) is 50.7 Å². The minimum atomic E-state index is 0.0587. The number of hydrogen-bond acceptors (Lipinski definition) is 4. The van der Waals surface area contributed by atoms with Crippen LogP contribution >= 0.6 is 0 Å². The number of anilines is 1. The summed E-state index contributed by atoms with van der Waals surface area (Å²) in [6, 6.07) is 1.81. The van der Waals surface area contributed by atoms with Gasteiger partial charge >= 0.3 is 0 Å². The molecule has 102 valence electrons. The van der Waals surface area contributed by atoms with Gasteiger partial charge in [0.15, 0.2) is 0 Å². The number of hydrogen-bond donors (Lipinski definition) is 0. The van der Waals surface area contributed by atoms with Crippen molar-refractivity contribution in [3.05, 3.63) is 17.5 Å². The van der Waals surface area contributed by atoms with E-state index in [1.165, 1.54) is 12.8 Å². The Morgan fingerprint density at radius 1 is 1.05 bits per heavy atom. The van der Waals surface area contributed by atoms with Gasteiger partial charge in [-0.15, -0.1) is 0 Å². The first-order chi connectivity index (χ1) is 9.24. The molecule has 2 aliphatic rings. The van der Waals surface area contributed by atoms with E-state index in [4.69, 9.17) is 0 Å². The third kappa shape index (κ3) is 2.55. The zero-order chi connectivity index (χ0) is 13.2. The summed E-state index contributed by atoms with van der Waals surface area (Å²) in [4.78, 5) is 25.4. The number of carbonyl (C=O) groups is 1. The second-order valence-corrected chi connectivity index (χ2v) is 5.39. The van der Waals surface area contributed by atoms with E-state index in [1.54, 1.807) is 6.07 Å². The van der Waals surface area contributed by atoms with Gasteiger partial charge in [-0.3, -0.25) is 4.79 Å². The summed E-state index contributed by atoms with van der Waals surface area (Å²) in [5.74, 6) is 0.781. The number of rotatable bonds is 2. The maximum atomic E-state index is 12.4. The van der Waals surface area contributed by atoms with Gasteiger partial charge in [0, 0.05) is 31.9 Å². The Morgan fingerprint density at radius 2 is 1.68 bits per heavy atom. The third-order valence-electron chi connectivity index (χ3n) is 3.84. The maximum Gasteiger partial charge on any atom is 0.272 e. The topological polar surface area (TPSA) is 49.3 Å². The van der Waals surface area contributed by atoms with Crippen LogP contribution in [0.1, 0.15) is 41.9 Å². The minimum absolute atomic E-state index is 0.0587. The first-order valence-corrected chi connectivity index (χ1v) is 7.14. The van der Waals surface area contributed by atoms with Crippen LogP contribution < -0.4 is 4.90 Å². The lowest BCUT2D eigenvalue weighted by Gasteiger charge is -2.18. The van der Waals surface area contributed by atoms with Crippen molar-refractivity contribution < 1.29 is 4.79 Å². The Balaban J connectivity index is 1.86. The lowest BCUT2D eigenvalue weighted by Crippen LogP contribution is -2.30. The number of aromatic nitrogens is 2. The summed E-state index contributed by atoms with van der Waals surface area (Å²) < 4.78 is 0. The zero-order valence-corrected chi connectivity index (χ0v) is 11.4. The van der Waals surface area contributed by atoms with E-state index >= 15 is 0 Å². The van der Waals surface area contributed by atoms with Crippen molar-refractivity contribution in [2.75, 3.05) is 31.1 Å². The molecule has 0 spiro atoms. The van der Waals surface area contributed by atoms with Crippen molar-refractivity contribution in [3.63, 3.8) is 0 Å². The highest BCUT2D eigenvalue weighted by Gasteiger charge is 2.23. The molecule has 0 saturated carbocycles. The van der Waals surface area contributed by atoms with Crippen LogP contribution in [0.5, 0.6) is 0 Å². The fraction of sp³-hybridized carbons (Fsp3) is 0.643. The highest BCUT2D eigenvalue weighted by molar-refractivity contribution is 5.92. The van der Waals surface area contributed by atoms with E-state index in [0.29, 0.717) is 5.69 Å². The van der Waals surface area contributed by atoms with Crippen molar-refractivity contribution >= 4 is 11.9 Å². The molecule has 3 rings (SSSR count). The lowest BCUT2D eigenvalue weighted by molar-refractivity contribution is 0.0787. The molecular weight excluding hydrogens is 240 g/mol. The number of amides is 1. The highest BCUT2D eigenvalue weighted by Crippen LogP contribution is 2.18. The van der Waals surface area contributed by atoms with Crippen molar-refractivity contribution in [2.24, 2.45) is 0 Å². The zero-order valence-electron chi connectivity index (χ0n) is 11.4. The molecule has 5 nitrogen and oxygen atoms in total. The summed E-state index contributed by atoms with van der Waals surface area (Å²) >= 11 is 0. The van der Waals surface area contributed by atoms with Crippen molar-refractivity contribution in [1.82, 2.24) is 14.9 Å². The molecule has 19 heavy (non-hydrogen) atoms. The molecule has 0 aromatic carbocycles. The molecular formula is C14H20N4O. The van der Waals surface area contributed by atoms with Crippen LogP contribution in [-0.4, -0.2) is 47.0 Å². The average Bonchev–Trinajstić information content (AvgIpc) is 3.10. The Bertz CT molecular complexity index is 476. The van der Waals surface area contributed by atoms with E-state index in [2.05, 4.69) is 14.9 Å². The number of likely N-dealkylation sites (tertiary alicyclic amines) is 1. The molecule has 1 aromatic heterocycles. The lowest BCUT2D eigenvalue weighted by atomic mass is 10.3. The van der Waals surface area contributed by atoms with Gasteiger partial charge < -0.3 is 9.80 Å². The van der Waals surface area contributed by atoms with Crippen LogP contribution in [-0.2, 0) is 0 Å². The molecule has 0 atom stereocenters. The van der Waals surface area contributed by atoms with Crippen molar-refractivity contribution in [3.8, 4) is 0 Å². The molecule has 1 amide bonds. The molecule has 0 unspecified atom stereocenters. The standard InChI is InChI=1S/C14H20N4O/c1-11-10-12(13(19)17-6-2-3-7-17)16-14(15-11)18-8-4-5-9-18/h10H,2-9H2,1H3. The minimum Gasteiger partial charge on any atom is -0.341 e. The second-order valence-electron chi connectivity index (χ2n) is 5.39. The van der Waals surface area contributed by atoms with Gasteiger partial charge in [-0.2, -0.15) is 0 Å². The molecule has 3 heterocycles. The van der Waals surface area contributed by atoms with Crippen LogP contribution in [0.15, 0.2) is 6.07 Å². The number of nitrogens with zero attached hydrogens (tertiary/aromatic N) is 4. The van der Waals surface area contributed by atoms with E-state index in [9.17, 15) is 4.79 Å². The summed E-state index contributed by atoms with van der Waals surface area (Å²) in [7, 11) is 0. The maximum absolute atomic E-state index is 12.4. The van der Waals surface area contributed by atoms with Crippen LogP contribution in [0, 0.1) is 6.92 Å². The fourth-order valence-electron chi connectivity index (χ4n) is 2.80. The van der Waals surface area contributed by atoms with Crippen LogP contribution in [0.25, 0.3) is 0 Å². The summed E-state index contributed by atoms with van der Waals surface area (Å²) in [6.45, 7) is 5.66. The van der Waals surface area contributed by atoms with E-state index in [-0.39, 0.29) is 5.91 Å². The van der Waals surface area contributed by atoms with Gasteiger partial charge in [0.05, 0.1) is 0 Å². The SMILES string of the molecule is Cc1cc(C(=O)N2CCCC2)nc(N2CCCC2)n1. The second kappa shape index (κ2) is 5.15. The molecule has 5 heteroatoms. The van der Waals surface area contributed by atoms with E-state index < -0.39 is 0 Å². The fourth-order valence-corrected chi connectivity index (χ4v) is 2.80. The van der Waals surface area contributed by atoms with Crippen LogP contribution in [0.3, 0.4) is 0 Å². The van der Waals surface area contributed by atoms with Gasteiger partial charge in [0.25, 0.3) is 5.91 Å². The average molecular weight is 260 g/mol. The van der Waals surface area contributed by atoms with Crippen LogP contribution in [0.2, 0.25) is 0 Å². The molecule has 2 aliphatic heterocycles. The van der Waals surface area contributed by atoms with Crippen molar-refractivity contribution in [2.45, 2.75) is 32.6 Å². The molecule has 0 aliphatic carbocycles. The Morgan fingerprint density at radius 3 is 2.37 bits per heavy atom. The van der Waals surface area contributed by atoms with Crippen molar-refractivity contribution in [1.29, 1.82) is 0 Å². The van der Waals surface area contributed by atoms with Gasteiger partial charge in [0.2, 0.25) is 5.95 Å². The van der Waals surface area contributed by atoms with Gasteiger partial charge in [-0.1, -0.05) is 0 Å². The molecule has 2 fully saturated rings. The van der Waals surface area contributed by atoms with Gasteiger partial charge in [0.1, 0.15) is 5.69 Å². The molecule has 2 saturated heterocycles. The normalized spacial score (nSPS) is 19.2. The predicted octanol–water partition coefficient (Wildman–Crippen LogP) is 1.62. The smallest absolute Gasteiger partial charge is 0.272 e. The number of carbonyl (C=O) groups excluding carboxylic acids is 1. The Labute approximate surface area is 113 Å². The van der Waals surface area contributed by atoms with Gasteiger partial charge in [-0.25, -0.2) is 9.97 Å². The summed E-state index contributed by atoms with van der Waals surface area (Å²) in [6.07, 6.45) is 4.59. The van der Waals surface area contributed by atoms with Gasteiger partial charge in [-0.05, 0) is 38.7 Å². The Hall–Kier alpha value is -1.65. The number of aryl methyl sites for hydroxylation is 1. The predicted molar refractivity (Wildman–Crippen MR) is 73.4 cm³/mol. The monoisotopic (exact) mass is 260 g/mol.